The molecule has 112 valence electrons. The highest BCUT2D eigenvalue weighted by atomic mass is 35.5. The van der Waals surface area contributed by atoms with Crippen molar-refractivity contribution >= 4 is 11.6 Å². The average molecular weight is 312 g/mol. The topological polar surface area (TPSA) is 21.3 Å². The number of benzene rings is 2. The van der Waals surface area contributed by atoms with Crippen LogP contribution >= 0.6 is 11.6 Å². The van der Waals surface area contributed by atoms with E-state index in [2.05, 4.69) is 5.32 Å². The van der Waals surface area contributed by atoms with Gasteiger partial charge in [-0.3, -0.25) is 0 Å². The molecular formula is C16H16ClF2NO. The number of rotatable bonds is 5. The van der Waals surface area contributed by atoms with E-state index in [9.17, 15) is 8.78 Å². The van der Waals surface area contributed by atoms with Crippen molar-refractivity contribution in [1.82, 2.24) is 5.32 Å². The molecule has 0 aliphatic rings. The summed E-state index contributed by atoms with van der Waals surface area (Å²) in [5.74, 6) is -0.523. The molecular weight excluding hydrogens is 296 g/mol. The Bertz CT molecular complexity index is 613. The van der Waals surface area contributed by atoms with Gasteiger partial charge in [-0.2, -0.15) is 0 Å². The van der Waals surface area contributed by atoms with Gasteiger partial charge in [0.05, 0.1) is 7.11 Å². The molecule has 0 saturated heterocycles. The zero-order chi connectivity index (χ0) is 15.4. The predicted molar refractivity (Wildman–Crippen MR) is 79.9 cm³/mol. The number of nitrogens with one attached hydrogen (secondary N) is 1. The van der Waals surface area contributed by atoms with Gasteiger partial charge in [-0.15, -0.1) is 0 Å². The number of hydrogen-bond donors (Lipinski definition) is 1. The molecule has 0 saturated carbocycles. The second kappa shape index (κ2) is 6.87. The lowest BCUT2D eigenvalue weighted by Crippen LogP contribution is -2.20. The summed E-state index contributed by atoms with van der Waals surface area (Å²) in [5.41, 5.74) is 0.848. The average Bonchev–Trinajstić information content (AvgIpc) is 2.47. The number of halogens is 3. The number of methoxy groups -OCH3 is 1. The van der Waals surface area contributed by atoms with Gasteiger partial charge in [0, 0.05) is 22.2 Å². The number of hydrogen-bond acceptors (Lipinski definition) is 2. The Hall–Kier alpha value is -1.65. The van der Waals surface area contributed by atoms with Crippen molar-refractivity contribution in [3.63, 3.8) is 0 Å². The fourth-order valence-corrected chi connectivity index (χ4v) is 2.43. The maximum absolute atomic E-state index is 13.8. The largest absolute Gasteiger partial charge is 0.496 e. The zero-order valence-corrected chi connectivity index (χ0v) is 12.5. The van der Waals surface area contributed by atoms with Crippen molar-refractivity contribution < 1.29 is 13.5 Å². The lowest BCUT2D eigenvalue weighted by molar-refractivity contribution is 0.400. The normalized spacial score (nSPS) is 12.2. The van der Waals surface area contributed by atoms with Crippen LogP contribution in [0, 0.1) is 11.6 Å². The van der Waals surface area contributed by atoms with E-state index in [1.54, 1.807) is 25.2 Å². The SMILES string of the molecule is CNC(Cc1c(F)cccc1F)c1ccc(Cl)cc1OC. The van der Waals surface area contributed by atoms with E-state index >= 15 is 0 Å². The summed E-state index contributed by atoms with van der Waals surface area (Å²) in [5, 5.41) is 3.60. The third kappa shape index (κ3) is 3.52. The van der Waals surface area contributed by atoms with Gasteiger partial charge >= 0.3 is 0 Å². The van der Waals surface area contributed by atoms with Crippen LogP contribution in [-0.4, -0.2) is 14.2 Å². The Balaban J connectivity index is 2.37. The predicted octanol–water partition coefficient (Wildman–Crippen LogP) is 4.13. The Morgan fingerprint density at radius 2 is 1.86 bits per heavy atom. The summed E-state index contributed by atoms with van der Waals surface area (Å²) >= 11 is 5.93. The molecule has 0 aliphatic carbocycles. The number of ether oxygens (including phenoxy) is 1. The second-order valence-electron chi connectivity index (χ2n) is 4.63. The van der Waals surface area contributed by atoms with Gasteiger partial charge in [0.15, 0.2) is 0 Å². The summed E-state index contributed by atoms with van der Waals surface area (Å²) in [6.45, 7) is 0. The molecule has 2 rings (SSSR count). The van der Waals surface area contributed by atoms with E-state index in [0.29, 0.717) is 10.8 Å². The van der Waals surface area contributed by atoms with Gasteiger partial charge in [0.25, 0.3) is 0 Å². The van der Waals surface area contributed by atoms with Crippen LogP contribution in [0.5, 0.6) is 5.75 Å². The lowest BCUT2D eigenvalue weighted by atomic mass is 9.97. The third-order valence-electron chi connectivity index (χ3n) is 3.39. The Morgan fingerprint density at radius 1 is 1.19 bits per heavy atom. The molecule has 0 bridgehead atoms. The molecule has 0 amide bonds. The summed E-state index contributed by atoms with van der Waals surface area (Å²) in [4.78, 5) is 0. The van der Waals surface area contributed by atoms with Crippen LogP contribution in [0.2, 0.25) is 5.02 Å². The summed E-state index contributed by atoms with van der Waals surface area (Å²) < 4.78 is 32.9. The van der Waals surface area contributed by atoms with E-state index in [0.717, 1.165) is 5.56 Å². The van der Waals surface area contributed by atoms with E-state index in [1.807, 2.05) is 0 Å². The van der Waals surface area contributed by atoms with Gasteiger partial charge < -0.3 is 10.1 Å². The van der Waals surface area contributed by atoms with E-state index in [1.165, 1.54) is 25.3 Å². The Kier molecular flexibility index (Phi) is 5.15. The molecule has 0 aromatic heterocycles. The van der Waals surface area contributed by atoms with Crippen molar-refractivity contribution in [2.45, 2.75) is 12.5 Å². The fraction of sp³-hybridized carbons (Fsp3) is 0.250. The highest BCUT2D eigenvalue weighted by Crippen LogP contribution is 2.31. The maximum atomic E-state index is 13.8. The van der Waals surface area contributed by atoms with E-state index in [-0.39, 0.29) is 18.0 Å². The first-order chi connectivity index (χ1) is 10.1. The molecule has 2 nitrogen and oxygen atoms in total. The summed E-state index contributed by atoms with van der Waals surface area (Å²) in [7, 11) is 3.27. The molecule has 0 heterocycles. The van der Waals surface area contributed by atoms with Crippen LogP contribution in [-0.2, 0) is 6.42 Å². The molecule has 5 heteroatoms. The quantitative estimate of drug-likeness (QED) is 0.896. The van der Waals surface area contributed by atoms with Gasteiger partial charge in [0.1, 0.15) is 17.4 Å². The first kappa shape index (κ1) is 15.7. The van der Waals surface area contributed by atoms with Gasteiger partial charge in [-0.1, -0.05) is 23.7 Å². The zero-order valence-electron chi connectivity index (χ0n) is 11.8. The van der Waals surface area contributed by atoms with Crippen LogP contribution in [0.15, 0.2) is 36.4 Å². The van der Waals surface area contributed by atoms with Crippen LogP contribution < -0.4 is 10.1 Å². The van der Waals surface area contributed by atoms with Crippen LogP contribution in [0.1, 0.15) is 17.2 Å². The van der Waals surface area contributed by atoms with Crippen molar-refractivity contribution in [2.75, 3.05) is 14.2 Å². The molecule has 0 radical (unpaired) electrons. The Labute approximate surface area is 127 Å². The lowest BCUT2D eigenvalue weighted by Gasteiger charge is -2.20. The van der Waals surface area contributed by atoms with E-state index < -0.39 is 11.6 Å². The molecule has 2 aromatic carbocycles. The Morgan fingerprint density at radius 3 is 2.43 bits per heavy atom. The fourth-order valence-electron chi connectivity index (χ4n) is 2.27. The molecule has 21 heavy (non-hydrogen) atoms. The van der Waals surface area contributed by atoms with Gasteiger partial charge in [-0.25, -0.2) is 8.78 Å². The van der Waals surface area contributed by atoms with Crippen molar-refractivity contribution in [2.24, 2.45) is 0 Å². The summed E-state index contributed by atoms with van der Waals surface area (Å²) in [6, 6.07) is 8.77. The highest BCUT2D eigenvalue weighted by Gasteiger charge is 2.19. The molecule has 1 unspecified atom stereocenters. The molecule has 1 atom stereocenters. The minimum Gasteiger partial charge on any atom is -0.496 e. The van der Waals surface area contributed by atoms with Crippen LogP contribution in [0.25, 0.3) is 0 Å². The molecule has 0 spiro atoms. The van der Waals surface area contributed by atoms with Crippen LogP contribution in [0.4, 0.5) is 8.78 Å². The van der Waals surface area contributed by atoms with Crippen molar-refractivity contribution in [1.29, 1.82) is 0 Å². The van der Waals surface area contributed by atoms with Crippen molar-refractivity contribution in [3.8, 4) is 5.75 Å². The van der Waals surface area contributed by atoms with E-state index in [4.69, 9.17) is 16.3 Å². The standard InChI is InChI=1S/C16H16ClF2NO/c1-20-15(9-12-13(18)4-3-5-14(12)19)11-7-6-10(17)8-16(11)21-2/h3-8,15,20H,9H2,1-2H3. The third-order valence-corrected chi connectivity index (χ3v) is 3.62. The van der Waals surface area contributed by atoms with Gasteiger partial charge in [-0.05, 0) is 37.7 Å². The molecule has 0 aliphatic heterocycles. The van der Waals surface area contributed by atoms with Crippen molar-refractivity contribution in [3.05, 3.63) is 64.2 Å². The summed E-state index contributed by atoms with van der Waals surface area (Å²) in [6.07, 6.45) is 0.174. The minimum atomic E-state index is -0.553. The molecule has 0 fully saturated rings. The second-order valence-corrected chi connectivity index (χ2v) is 5.07. The minimum absolute atomic E-state index is 0.0499. The first-order valence-electron chi connectivity index (χ1n) is 6.50. The maximum Gasteiger partial charge on any atom is 0.129 e. The first-order valence-corrected chi connectivity index (χ1v) is 6.88. The van der Waals surface area contributed by atoms with Gasteiger partial charge in [0.2, 0.25) is 0 Å². The number of likely N-dealkylation sites (N-methyl/N-ethyl adjacent to an activating group) is 1. The molecule has 1 N–H and O–H groups in total. The monoisotopic (exact) mass is 311 g/mol. The van der Waals surface area contributed by atoms with Crippen LogP contribution in [0.3, 0.4) is 0 Å². The highest BCUT2D eigenvalue weighted by molar-refractivity contribution is 6.30. The molecule has 2 aromatic rings. The smallest absolute Gasteiger partial charge is 0.129 e.